The quantitative estimate of drug-likeness (QED) is 0.379. The first-order chi connectivity index (χ1) is 15.2. The average Bonchev–Trinajstić information content (AvgIpc) is 3.08. The first-order valence-corrected chi connectivity index (χ1v) is 11.0. The van der Waals surface area contributed by atoms with Crippen molar-refractivity contribution >= 4 is 11.9 Å². The molecule has 158 valence electrons. The van der Waals surface area contributed by atoms with Crippen LogP contribution in [-0.4, -0.2) is 23.4 Å². The zero-order valence-corrected chi connectivity index (χ0v) is 17.9. The van der Waals surface area contributed by atoms with Crippen molar-refractivity contribution in [2.75, 3.05) is 6.54 Å². The molecule has 1 saturated heterocycles. The van der Waals surface area contributed by atoms with Crippen LogP contribution in [-0.2, 0) is 10.3 Å². The van der Waals surface area contributed by atoms with Crippen molar-refractivity contribution in [1.29, 1.82) is 0 Å². The first-order valence-electron chi connectivity index (χ1n) is 11.0. The Hall–Kier alpha value is -3.40. The number of amides is 3. The van der Waals surface area contributed by atoms with Crippen molar-refractivity contribution in [2.24, 2.45) is 0 Å². The third-order valence-electron chi connectivity index (χ3n) is 5.97. The predicted molar refractivity (Wildman–Crippen MR) is 123 cm³/mol. The molecular weight excluding hydrogens is 384 g/mol. The molecule has 0 saturated carbocycles. The summed E-state index contributed by atoms with van der Waals surface area (Å²) in [5.41, 5.74) is 2.53. The van der Waals surface area contributed by atoms with Gasteiger partial charge in [-0.25, -0.2) is 4.79 Å². The summed E-state index contributed by atoms with van der Waals surface area (Å²) in [6, 6.07) is 27.3. The number of carbonyl (C=O) groups excluding carboxylic acids is 2. The molecule has 3 aromatic rings. The molecule has 4 nitrogen and oxygen atoms in total. The van der Waals surface area contributed by atoms with E-state index in [-0.39, 0.29) is 11.9 Å². The number of unbranched alkanes of at least 4 members (excludes halogenated alkanes) is 3. The molecule has 1 heterocycles. The number of rotatable bonds is 8. The van der Waals surface area contributed by atoms with Gasteiger partial charge in [0.15, 0.2) is 5.54 Å². The summed E-state index contributed by atoms with van der Waals surface area (Å²) in [5.74, 6) is -0.201. The molecule has 0 unspecified atom stereocenters. The molecule has 1 aliphatic heterocycles. The smallest absolute Gasteiger partial charge is 0.315 e. The van der Waals surface area contributed by atoms with Gasteiger partial charge in [0.1, 0.15) is 0 Å². The highest BCUT2D eigenvalue weighted by Gasteiger charge is 2.53. The van der Waals surface area contributed by atoms with Gasteiger partial charge in [0.25, 0.3) is 5.91 Å². The molecule has 0 bridgehead atoms. The lowest BCUT2D eigenvalue weighted by atomic mass is 9.82. The Labute approximate surface area is 183 Å². The Kier molecular flexibility index (Phi) is 6.17. The summed E-state index contributed by atoms with van der Waals surface area (Å²) >= 11 is 0. The molecule has 1 N–H and O–H groups in total. The monoisotopic (exact) mass is 412 g/mol. The summed E-state index contributed by atoms with van der Waals surface area (Å²) in [7, 11) is 0. The number of nitrogens with one attached hydrogen (secondary N) is 1. The Bertz CT molecular complexity index is 1030. The van der Waals surface area contributed by atoms with Gasteiger partial charge >= 0.3 is 6.03 Å². The topological polar surface area (TPSA) is 49.4 Å². The van der Waals surface area contributed by atoms with Gasteiger partial charge in [0.2, 0.25) is 0 Å². The van der Waals surface area contributed by atoms with Crippen LogP contribution in [0.25, 0.3) is 11.1 Å². The molecule has 1 aliphatic rings. The van der Waals surface area contributed by atoms with Crippen LogP contribution in [0, 0.1) is 0 Å². The number of urea groups is 1. The maximum Gasteiger partial charge on any atom is 0.325 e. The lowest BCUT2D eigenvalue weighted by Crippen LogP contribution is -2.45. The normalized spacial score (nSPS) is 18.3. The van der Waals surface area contributed by atoms with Crippen molar-refractivity contribution in [3.63, 3.8) is 0 Å². The minimum atomic E-state index is -1.20. The fraction of sp³-hybridized carbons (Fsp3) is 0.259. The molecule has 3 amide bonds. The van der Waals surface area contributed by atoms with Crippen molar-refractivity contribution in [1.82, 2.24) is 10.2 Å². The fourth-order valence-corrected chi connectivity index (χ4v) is 4.27. The third-order valence-corrected chi connectivity index (χ3v) is 5.97. The molecule has 4 rings (SSSR count). The lowest BCUT2D eigenvalue weighted by Gasteiger charge is -2.28. The molecule has 4 heteroatoms. The van der Waals surface area contributed by atoms with Gasteiger partial charge in [-0.15, -0.1) is 0 Å². The van der Waals surface area contributed by atoms with Crippen LogP contribution >= 0.6 is 0 Å². The van der Waals surface area contributed by atoms with Gasteiger partial charge in [-0.05, 0) is 28.7 Å². The third kappa shape index (κ3) is 3.98. The maximum atomic E-state index is 13.7. The highest BCUT2D eigenvalue weighted by molar-refractivity contribution is 6.09. The van der Waals surface area contributed by atoms with Crippen LogP contribution < -0.4 is 5.32 Å². The van der Waals surface area contributed by atoms with E-state index in [1.807, 2.05) is 72.8 Å². The molecule has 1 fully saturated rings. The SMILES string of the molecule is CCCCCCN1C(=O)N[C@](c2ccccc2)(c2ccc(-c3ccccc3)cc2)C1=O. The Balaban J connectivity index is 1.70. The zero-order valence-electron chi connectivity index (χ0n) is 17.9. The van der Waals surface area contributed by atoms with E-state index in [1.54, 1.807) is 0 Å². The van der Waals surface area contributed by atoms with E-state index in [0.29, 0.717) is 6.54 Å². The van der Waals surface area contributed by atoms with E-state index in [1.165, 1.54) is 4.90 Å². The van der Waals surface area contributed by atoms with Crippen LogP contribution in [0.2, 0.25) is 0 Å². The summed E-state index contributed by atoms with van der Waals surface area (Å²) in [6.07, 6.45) is 4.05. The molecule has 0 radical (unpaired) electrons. The van der Waals surface area contributed by atoms with E-state index >= 15 is 0 Å². The predicted octanol–water partition coefficient (Wildman–Crippen LogP) is 5.73. The van der Waals surface area contributed by atoms with Crippen molar-refractivity contribution in [2.45, 2.75) is 38.1 Å². The zero-order chi connectivity index (χ0) is 21.7. The lowest BCUT2D eigenvalue weighted by molar-refractivity contribution is -0.130. The van der Waals surface area contributed by atoms with Gasteiger partial charge in [0.05, 0.1) is 0 Å². The molecule has 1 atom stereocenters. The number of hydrogen-bond donors (Lipinski definition) is 1. The number of nitrogens with zero attached hydrogens (tertiary/aromatic N) is 1. The summed E-state index contributed by atoms with van der Waals surface area (Å²) in [4.78, 5) is 28.0. The number of hydrogen-bond acceptors (Lipinski definition) is 2. The van der Waals surface area contributed by atoms with Crippen LogP contribution in [0.4, 0.5) is 4.79 Å². The minimum absolute atomic E-state index is 0.201. The van der Waals surface area contributed by atoms with Gasteiger partial charge in [0, 0.05) is 6.54 Å². The maximum absolute atomic E-state index is 13.7. The van der Waals surface area contributed by atoms with Crippen molar-refractivity contribution < 1.29 is 9.59 Å². The van der Waals surface area contributed by atoms with E-state index in [2.05, 4.69) is 24.4 Å². The fourth-order valence-electron chi connectivity index (χ4n) is 4.27. The largest absolute Gasteiger partial charge is 0.325 e. The van der Waals surface area contributed by atoms with Crippen LogP contribution in [0.15, 0.2) is 84.9 Å². The minimum Gasteiger partial charge on any atom is -0.315 e. The van der Waals surface area contributed by atoms with Crippen molar-refractivity contribution in [3.8, 4) is 11.1 Å². The second-order valence-corrected chi connectivity index (χ2v) is 8.01. The Morgan fingerprint density at radius 2 is 1.29 bits per heavy atom. The Morgan fingerprint density at radius 3 is 1.94 bits per heavy atom. The van der Waals surface area contributed by atoms with Gasteiger partial charge in [-0.3, -0.25) is 9.69 Å². The van der Waals surface area contributed by atoms with E-state index in [0.717, 1.165) is 47.9 Å². The molecule has 0 spiro atoms. The van der Waals surface area contributed by atoms with Crippen LogP contribution in [0.5, 0.6) is 0 Å². The highest BCUT2D eigenvalue weighted by Crippen LogP contribution is 2.37. The second-order valence-electron chi connectivity index (χ2n) is 8.01. The van der Waals surface area contributed by atoms with E-state index in [4.69, 9.17) is 0 Å². The number of carbonyl (C=O) groups is 2. The van der Waals surface area contributed by atoms with Crippen LogP contribution in [0.3, 0.4) is 0 Å². The molecule has 31 heavy (non-hydrogen) atoms. The second kappa shape index (κ2) is 9.17. The van der Waals surface area contributed by atoms with Gasteiger partial charge in [-0.2, -0.15) is 0 Å². The highest BCUT2D eigenvalue weighted by atomic mass is 16.2. The van der Waals surface area contributed by atoms with E-state index < -0.39 is 5.54 Å². The standard InChI is InChI=1S/C27H28N2O2/c1-2-3-4-11-20-29-25(30)27(28-26(29)31,23-14-9-6-10-15-23)24-18-16-22(17-19-24)21-12-7-5-8-13-21/h5-10,12-19H,2-4,11,20H2,1H3,(H,28,31)/t27-/m1/s1. The summed E-state index contributed by atoms with van der Waals surface area (Å²) < 4.78 is 0. The number of benzene rings is 3. The summed E-state index contributed by atoms with van der Waals surface area (Å²) in [6.45, 7) is 2.59. The van der Waals surface area contributed by atoms with Gasteiger partial charge in [-0.1, -0.05) is 111 Å². The summed E-state index contributed by atoms with van der Waals surface area (Å²) in [5, 5.41) is 3.04. The average molecular weight is 413 g/mol. The number of imide groups is 1. The molecule has 3 aromatic carbocycles. The molecule has 0 aromatic heterocycles. The first kappa shape index (κ1) is 20.9. The van der Waals surface area contributed by atoms with Crippen molar-refractivity contribution in [3.05, 3.63) is 96.1 Å². The van der Waals surface area contributed by atoms with Crippen LogP contribution in [0.1, 0.15) is 43.7 Å². The van der Waals surface area contributed by atoms with Gasteiger partial charge < -0.3 is 5.32 Å². The molecular formula is C27H28N2O2. The van der Waals surface area contributed by atoms with E-state index in [9.17, 15) is 9.59 Å². The Morgan fingerprint density at radius 1 is 0.710 bits per heavy atom. The molecule has 0 aliphatic carbocycles.